The lowest BCUT2D eigenvalue weighted by molar-refractivity contribution is -0.177. The molecule has 0 aliphatic carbocycles. The average molecular weight is 216 g/mol. The molecular weight excluding hydrogens is 200 g/mol. The predicted molar refractivity (Wildman–Crippen MR) is 51.4 cm³/mol. The number of carbonyl (C=O) groups is 2. The zero-order chi connectivity index (χ0) is 11.5. The number of hydrogen-bond donors (Lipinski definition) is 1. The zero-order valence-corrected chi connectivity index (χ0v) is 8.99. The first-order valence-electron chi connectivity index (χ1n) is 4.98. The Balaban J connectivity index is 2.78. The molecule has 0 spiro atoms. The summed E-state index contributed by atoms with van der Waals surface area (Å²) < 4.78 is 10.3. The van der Waals surface area contributed by atoms with Crippen LogP contribution in [0.5, 0.6) is 0 Å². The van der Waals surface area contributed by atoms with Gasteiger partial charge in [-0.3, -0.25) is 9.59 Å². The van der Waals surface area contributed by atoms with Gasteiger partial charge in [0.05, 0.1) is 18.4 Å². The maximum absolute atomic E-state index is 11.3. The van der Waals surface area contributed by atoms with Gasteiger partial charge in [0.2, 0.25) is 0 Å². The Bertz CT molecular complexity index is 259. The molecule has 0 aromatic carbocycles. The summed E-state index contributed by atoms with van der Waals surface area (Å²) in [5.41, 5.74) is -0.887. The summed E-state index contributed by atoms with van der Waals surface area (Å²) in [7, 11) is 1.44. The lowest BCUT2D eigenvalue weighted by Gasteiger charge is -2.37. The number of esters is 1. The van der Waals surface area contributed by atoms with Crippen LogP contribution in [0, 0.1) is 0 Å². The standard InChI is InChI=1S/C10H16O5/c1-3-7-4-10(14-2,5-8(11)12)6-9(13)15-7/h7H,3-6H2,1-2H3,(H,11,12). The summed E-state index contributed by atoms with van der Waals surface area (Å²) in [6.07, 6.45) is 0.765. The van der Waals surface area contributed by atoms with E-state index in [1.165, 1.54) is 7.11 Å². The Morgan fingerprint density at radius 1 is 1.73 bits per heavy atom. The molecular formula is C10H16O5. The van der Waals surface area contributed by atoms with E-state index in [2.05, 4.69) is 0 Å². The average Bonchev–Trinajstić information content (AvgIpc) is 2.15. The first-order chi connectivity index (χ1) is 7.01. The first-order valence-corrected chi connectivity index (χ1v) is 4.98. The Labute approximate surface area is 88.4 Å². The van der Waals surface area contributed by atoms with E-state index >= 15 is 0 Å². The van der Waals surface area contributed by atoms with Crippen molar-refractivity contribution in [1.29, 1.82) is 0 Å². The van der Waals surface area contributed by atoms with Gasteiger partial charge in [0, 0.05) is 13.5 Å². The quantitative estimate of drug-likeness (QED) is 0.708. The van der Waals surface area contributed by atoms with Gasteiger partial charge in [0.25, 0.3) is 0 Å². The van der Waals surface area contributed by atoms with Crippen molar-refractivity contribution in [3.05, 3.63) is 0 Å². The molecule has 1 heterocycles. The summed E-state index contributed by atoms with van der Waals surface area (Å²) in [5.74, 6) is -1.34. The number of hydrogen-bond acceptors (Lipinski definition) is 4. The molecule has 1 saturated heterocycles. The fourth-order valence-electron chi connectivity index (χ4n) is 1.88. The van der Waals surface area contributed by atoms with E-state index in [1.807, 2.05) is 6.92 Å². The monoisotopic (exact) mass is 216 g/mol. The summed E-state index contributed by atoms with van der Waals surface area (Å²) >= 11 is 0. The Morgan fingerprint density at radius 3 is 2.87 bits per heavy atom. The maximum Gasteiger partial charge on any atom is 0.309 e. The number of rotatable bonds is 4. The minimum Gasteiger partial charge on any atom is -0.481 e. The molecule has 0 saturated carbocycles. The van der Waals surface area contributed by atoms with Crippen LogP contribution in [0.25, 0.3) is 0 Å². The fraction of sp³-hybridized carbons (Fsp3) is 0.800. The van der Waals surface area contributed by atoms with Crippen LogP contribution in [-0.2, 0) is 19.1 Å². The van der Waals surface area contributed by atoms with Gasteiger partial charge in [-0.15, -0.1) is 0 Å². The Morgan fingerprint density at radius 2 is 2.40 bits per heavy atom. The van der Waals surface area contributed by atoms with Crippen molar-refractivity contribution in [3.63, 3.8) is 0 Å². The van der Waals surface area contributed by atoms with Crippen LogP contribution in [0.3, 0.4) is 0 Å². The second kappa shape index (κ2) is 4.61. The van der Waals surface area contributed by atoms with Gasteiger partial charge in [-0.25, -0.2) is 0 Å². The third kappa shape index (κ3) is 2.92. The van der Waals surface area contributed by atoms with Gasteiger partial charge < -0.3 is 14.6 Å². The molecule has 5 heteroatoms. The van der Waals surface area contributed by atoms with E-state index in [0.29, 0.717) is 12.8 Å². The van der Waals surface area contributed by atoms with E-state index in [1.54, 1.807) is 0 Å². The largest absolute Gasteiger partial charge is 0.481 e. The summed E-state index contributed by atoms with van der Waals surface area (Å²) in [6.45, 7) is 1.89. The van der Waals surface area contributed by atoms with Gasteiger partial charge in [-0.05, 0) is 6.42 Å². The highest BCUT2D eigenvalue weighted by molar-refractivity contribution is 5.75. The van der Waals surface area contributed by atoms with Crippen LogP contribution in [0.2, 0.25) is 0 Å². The number of aliphatic carboxylic acids is 1. The highest BCUT2D eigenvalue weighted by atomic mass is 16.6. The van der Waals surface area contributed by atoms with Crippen molar-refractivity contribution in [1.82, 2.24) is 0 Å². The first kappa shape index (κ1) is 12.0. The molecule has 1 rings (SSSR count). The third-order valence-electron chi connectivity index (χ3n) is 2.73. The van der Waals surface area contributed by atoms with Crippen LogP contribution in [0.15, 0.2) is 0 Å². The topological polar surface area (TPSA) is 72.8 Å². The molecule has 0 radical (unpaired) electrons. The molecule has 0 amide bonds. The number of cyclic esters (lactones) is 1. The molecule has 0 aromatic heterocycles. The lowest BCUT2D eigenvalue weighted by atomic mass is 9.86. The van der Waals surface area contributed by atoms with E-state index in [4.69, 9.17) is 14.6 Å². The van der Waals surface area contributed by atoms with Crippen molar-refractivity contribution in [2.75, 3.05) is 7.11 Å². The predicted octanol–water partition coefficient (Wildman–Crippen LogP) is 0.962. The molecule has 86 valence electrons. The normalized spacial score (nSPS) is 31.1. The molecule has 5 nitrogen and oxygen atoms in total. The van der Waals surface area contributed by atoms with Gasteiger partial charge in [-0.1, -0.05) is 6.92 Å². The summed E-state index contributed by atoms with van der Waals surface area (Å²) in [6, 6.07) is 0. The molecule has 0 bridgehead atoms. The van der Waals surface area contributed by atoms with Crippen molar-refractivity contribution < 1.29 is 24.2 Å². The molecule has 1 aliphatic rings. The van der Waals surface area contributed by atoms with Crippen molar-refractivity contribution in [2.24, 2.45) is 0 Å². The van der Waals surface area contributed by atoms with Crippen molar-refractivity contribution in [2.45, 2.75) is 44.3 Å². The van der Waals surface area contributed by atoms with E-state index in [-0.39, 0.29) is 24.9 Å². The Hall–Kier alpha value is -1.10. The molecule has 1 N–H and O–H groups in total. The number of methoxy groups -OCH3 is 1. The molecule has 1 aliphatic heterocycles. The van der Waals surface area contributed by atoms with Crippen molar-refractivity contribution >= 4 is 11.9 Å². The van der Waals surface area contributed by atoms with Gasteiger partial charge >= 0.3 is 11.9 Å². The van der Waals surface area contributed by atoms with E-state index in [0.717, 1.165) is 0 Å². The van der Waals surface area contributed by atoms with Crippen LogP contribution < -0.4 is 0 Å². The second-order valence-electron chi connectivity index (χ2n) is 3.86. The van der Waals surface area contributed by atoms with Crippen LogP contribution in [0.1, 0.15) is 32.6 Å². The SMILES string of the molecule is CCC1CC(CC(=O)O)(OC)CC(=O)O1. The lowest BCUT2D eigenvalue weighted by Crippen LogP contribution is -2.46. The third-order valence-corrected chi connectivity index (χ3v) is 2.73. The van der Waals surface area contributed by atoms with Crippen LogP contribution in [0.4, 0.5) is 0 Å². The highest BCUT2D eigenvalue weighted by Crippen LogP contribution is 2.33. The van der Waals surface area contributed by atoms with Gasteiger partial charge in [-0.2, -0.15) is 0 Å². The molecule has 0 aromatic rings. The van der Waals surface area contributed by atoms with E-state index < -0.39 is 11.6 Å². The maximum atomic E-state index is 11.3. The minimum absolute atomic E-state index is 0.0201. The molecule has 15 heavy (non-hydrogen) atoms. The van der Waals surface area contributed by atoms with Gasteiger partial charge in [0.15, 0.2) is 0 Å². The van der Waals surface area contributed by atoms with Crippen LogP contribution >= 0.6 is 0 Å². The smallest absolute Gasteiger partial charge is 0.309 e. The number of ether oxygens (including phenoxy) is 2. The molecule has 2 atom stereocenters. The molecule has 2 unspecified atom stereocenters. The Kier molecular flexibility index (Phi) is 3.68. The number of carboxylic acids is 1. The number of carbonyl (C=O) groups excluding carboxylic acids is 1. The fourth-order valence-corrected chi connectivity index (χ4v) is 1.88. The van der Waals surface area contributed by atoms with Crippen LogP contribution in [-0.4, -0.2) is 35.9 Å². The van der Waals surface area contributed by atoms with E-state index in [9.17, 15) is 9.59 Å². The minimum atomic E-state index is -0.957. The van der Waals surface area contributed by atoms with Gasteiger partial charge in [0.1, 0.15) is 6.10 Å². The van der Waals surface area contributed by atoms with Crippen molar-refractivity contribution in [3.8, 4) is 0 Å². The highest BCUT2D eigenvalue weighted by Gasteiger charge is 2.42. The summed E-state index contributed by atoms with van der Waals surface area (Å²) in [4.78, 5) is 22.0. The second-order valence-corrected chi connectivity index (χ2v) is 3.86. The zero-order valence-electron chi connectivity index (χ0n) is 8.99. The summed E-state index contributed by atoms with van der Waals surface area (Å²) in [5, 5.41) is 8.78. The molecule has 1 fully saturated rings. The number of carboxylic acid groups (broad SMARTS) is 1.